The summed E-state index contributed by atoms with van der Waals surface area (Å²) in [6.07, 6.45) is 1.22. The van der Waals surface area contributed by atoms with Crippen molar-refractivity contribution in [1.29, 1.82) is 0 Å². The van der Waals surface area contributed by atoms with E-state index in [0.717, 1.165) is 36.7 Å². The number of alkyl halides is 1. The van der Waals surface area contributed by atoms with Gasteiger partial charge in [-0.25, -0.2) is 13.9 Å². The highest BCUT2D eigenvalue weighted by Crippen LogP contribution is 2.52. The highest BCUT2D eigenvalue weighted by atomic mass is 31.2. The Morgan fingerprint density at radius 1 is 1.28 bits per heavy atom. The first-order chi connectivity index (χ1) is 22.3. The number of benzene rings is 1. The summed E-state index contributed by atoms with van der Waals surface area (Å²) < 4.78 is 59.9. The largest absolute Gasteiger partial charge is 0.476 e. The van der Waals surface area contributed by atoms with Crippen LogP contribution in [0.4, 0.5) is 10.3 Å². The van der Waals surface area contributed by atoms with Crippen molar-refractivity contribution in [3.05, 3.63) is 48.8 Å². The van der Waals surface area contributed by atoms with E-state index in [1.807, 2.05) is 0 Å². The molecule has 5 rings (SSSR count). The van der Waals surface area contributed by atoms with Crippen molar-refractivity contribution in [3.63, 3.8) is 0 Å². The SMILES string of the molecule is C=C(C)[C@]1(O)[C@H](n2cnc3c(OCC)nc(N)nc32)O[C@](F)(CO[P@@](=O)(N[C@@H](C)C(=O)OC2CCCCC2)Oc2ccccc2)[C@H]1O. The van der Waals surface area contributed by atoms with Gasteiger partial charge in [-0.2, -0.15) is 15.1 Å². The standard InChI is InChI=1S/C30H40FN6O9P/c1-5-42-24-22-23(34-28(32)35-24)37(17-33-22)27-30(40,18(2)3)26(39)29(31,45-27)16-43-47(41,46-21-14-10-7-11-15-21)36-19(4)25(38)44-20-12-8-6-9-13-20/h7,10-11,14-15,17,19-20,26-27,39-40H,2,5-6,8-9,12-13,16H2,1,3-4H3,(H,36,41)(H2,32,34,35)/t19-,26+,27+,29+,30+,47-/m0/s1. The zero-order chi connectivity index (χ0) is 34.0. The summed E-state index contributed by atoms with van der Waals surface area (Å²) in [5, 5.41) is 25.5. The number of esters is 1. The molecule has 1 aliphatic heterocycles. The number of aliphatic hydroxyl groups excluding tert-OH is 1. The fourth-order valence-electron chi connectivity index (χ4n) is 5.57. The summed E-state index contributed by atoms with van der Waals surface area (Å²) in [5.41, 5.74) is 3.45. The molecule has 3 heterocycles. The normalized spacial score (nSPS) is 26.9. The number of rotatable bonds is 13. The van der Waals surface area contributed by atoms with Crippen molar-refractivity contribution in [2.75, 3.05) is 18.9 Å². The average molecular weight is 679 g/mol. The number of nitrogens with one attached hydrogen (secondary N) is 1. The number of aromatic nitrogens is 4. The quantitative estimate of drug-likeness (QED) is 0.116. The minimum Gasteiger partial charge on any atom is -0.476 e. The molecule has 6 atom stereocenters. The number of anilines is 1. The molecule has 0 radical (unpaired) electrons. The maximum absolute atomic E-state index is 16.7. The van der Waals surface area contributed by atoms with Crippen molar-refractivity contribution in [1.82, 2.24) is 24.6 Å². The number of hydrogen-bond acceptors (Lipinski definition) is 13. The van der Waals surface area contributed by atoms with E-state index in [-0.39, 0.29) is 47.0 Å². The van der Waals surface area contributed by atoms with Crippen LogP contribution in [0.25, 0.3) is 11.2 Å². The lowest BCUT2D eigenvalue weighted by molar-refractivity contribution is -0.202. The van der Waals surface area contributed by atoms with Crippen molar-refractivity contribution < 1.29 is 47.2 Å². The van der Waals surface area contributed by atoms with Gasteiger partial charge in [0, 0.05) is 0 Å². The maximum Gasteiger partial charge on any atom is 0.459 e. The monoisotopic (exact) mass is 678 g/mol. The molecule has 15 nitrogen and oxygen atoms in total. The van der Waals surface area contributed by atoms with Crippen molar-refractivity contribution in [2.45, 2.75) is 88.8 Å². The fourth-order valence-corrected chi connectivity index (χ4v) is 7.07. The van der Waals surface area contributed by atoms with Gasteiger partial charge in [0.2, 0.25) is 11.8 Å². The number of nitrogens with zero attached hydrogens (tertiary/aromatic N) is 4. The van der Waals surface area contributed by atoms with Gasteiger partial charge in [-0.15, -0.1) is 0 Å². The van der Waals surface area contributed by atoms with Gasteiger partial charge in [-0.05, 0) is 64.2 Å². The minimum absolute atomic E-state index is 0.00745. The summed E-state index contributed by atoms with van der Waals surface area (Å²) in [4.78, 5) is 25.3. The molecule has 0 spiro atoms. The first kappa shape index (κ1) is 34.7. The highest BCUT2D eigenvalue weighted by molar-refractivity contribution is 7.52. The lowest BCUT2D eigenvalue weighted by Gasteiger charge is -2.32. The van der Waals surface area contributed by atoms with Crippen LogP contribution in [0.1, 0.15) is 59.1 Å². The number of ether oxygens (including phenoxy) is 3. The third-order valence-electron chi connectivity index (χ3n) is 8.07. The van der Waals surface area contributed by atoms with Gasteiger partial charge in [0.1, 0.15) is 24.5 Å². The molecule has 0 bridgehead atoms. The second-order valence-electron chi connectivity index (χ2n) is 11.6. The number of carbonyl (C=O) groups excluding carboxylic acids is 1. The summed E-state index contributed by atoms with van der Waals surface area (Å²) in [5.74, 6) is -3.97. The first-order valence-corrected chi connectivity index (χ1v) is 16.9. The molecular formula is C30H40FN6O9P. The van der Waals surface area contributed by atoms with Crippen LogP contribution in [0.5, 0.6) is 11.6 Å². The summed E-state index contributed by atoms with van der Waals surface area (Å²) in [7, 11) is -4.59. The van der Waals surface area contributed by atoms with Gasteiger partial charge in [0.05, 0.1) is 12.9 Å². The molecular weight excluding hydrogens is 638 g/mol. The molecule has 0 amide bonds. The van der Waals surface area contributed by atoms with E-state index in [4.69, 9.17) is 29.0 Å². The Balaban J connectivity index is 1.42. The predicted octanol–water partition coefficient (Wildman–Crippen LogP) is 3.73. The number of aliphatic hydroxyl groups is 2. The van der Waals surface area contributed by atoms with Crippen LogP contribution in [-0.4, -0.2) is 78.6 Å². The van der Waals surface area contributed by atoms with E-state index < -0.39 is 50.2 Å². The molecule has 5 N–H and O–H groups in total. The van der Waals surface area contributed by atoms with Crippen LogP contribution in [0.15, 0.2) is 48.8 Å². The molecule has 1 aromatic carbocycles. The van der Waals surface area contributed by atoms with E-state index >= 15 is 4.39 Å². The van der Waals surface area contributed by atoms with Gasteiger partial charge in [0.25, 0.3) is 5.85 Å². The van der Waals surface area contributed by atoms with E-state index in [1.54, 1.807) is 25.1 Å². The molecule has 3 aromatic rings. The zero-order valence-electron chi connectivity index (χ0n) is 26.4. The molecule has 2 aromatic heterocycles. The van der Waals surface area contributed by atoms with Crippen LogP contribution in [0.2, 0.25) is 0 Å². The van der Waals surface area contributed by atoms with Crippen LogP contribution >= 0.6 is 7.75 Å². The van der Waals surface area contributed by atoms with Gasteiger partial charge in [-0.1, -0.05) is 31.2 Å². The highest BCUT2D eigenvalue weighted by Gasteiger charge is 2.66. The molecule has 256 valence electrons. The van der Waals surface area contributed by atoms with Crippen molar-refractivity contribution >= 4 is 30.8 Å². The molecule has 2 fully saturated rings. The molecule has 1 saturated carbocycles. The van der Waals surface area contributed by atoms with E-state index in [2.05, 4.69) is 26.6 Å². The zero-order valence-corrected chi connectivity index (χ0v) is 27.3. The Morgan fingerprint density at radius 2 is 1.98 bits per heavy atom. The van der Waals surface area contributed by atoms with Gasteiger partial charge < -0.3 is 34.7 Å². The van der Waals surface area contributed by atoms with E-state index in [1.165, 1.54) is 32.3 Å². The molecule has 47 heavy (non-hydrogen) atoms. The van der Waals surface area contributed by atoms with Gasteiger partial charge >= 0.3 is 13.7 Å². The summed E-state index contributed by atoms with van der Waals surface area (Å²) >= 11 is 0. The average Bonchev–Trinajstić information content (AvgIpc) is 3.54. The number of para-hydroxylation sites is 1. The second-order valence-corrected chi connectivity index (χ2v) is 13.3. The summed E-state index contributed by atoms with van der Waals surface area (Å²) in [6, 6.07) is 6.70. The van der Waals surface area contributed by atoms with Crippen LogP contribution in [0.3, 0.4) is 0 Å². The number of imidazole rings is 1. The molecule has 17 heteroatoms. The third kappa shape index (κ3) is 7.12. The Labute approximate surface area is 270 Å². The van der Waals surface area contributed by atoms with E-state index in [9.17, 15) is 19.6 Å². The van der Waals surface area contributed by atoms with Crippen molar-refractivity contribution in [3.8, 4) is 11.6 Å². The number of nitrogens with two attached hydrogens (primary N) is 1. The number of halogens is 1. The van der Waals surface area contributed by atoms with E-state index in [0.29, 0.717) is 0 Å². The molecule has 2 aliphatic rings. The maximum atomic E-state index is 16.7. The Kier molecular flexibility index (Phi) is 10.2. The van der Waals surface area contributed by atoms with Crippen molar-refractivity contribution in [2.24, 2.45) is 0 Å². The van der Waals surface area contributed by atoms with Crippen LogP contribution in [0, 0.1) is 0 Å². The number of nitrogen functional groups attached to an aromatic ring is 1. The molecule has 0 unspecified atom stereocenters. The van der Waals surface area contributed by atoms with Gasteiger partial charge in [-0.3, -0.25) is 13.9 Å². The Hall–Kier alpha value is -3.66. The second kappa shape index (κ2) is 13.8. The third-order valence-corrected chi connectivity index (χ3v) is 9.70. The summed E-state index contributed by atoms with van der Waals surface area (Å²) in [6.45, 7) is 7.25. The van der Waals surface area contributed by atoms with Crippen LogP contribution in [-0.2, 0) is 23.4 Å². The molecule has 1 aliphatic carbocycles. The number of hydrogen-bond donors (Lipinski definition) is 4. The lowest BCUT2D eigenvalue weighted by atomic mass is 9.87. The number of fused-ring (bicyclic) bond motifs is 1. The van der Waals surface area contributed by atoms with Gasteiger partial charge in [0.15, 0.2) is 29.1 Å². The predicted molar refractivity (Wildman–Crippen MR) is 167 cm³/mol. The van der Waals surface area contributed by atoms with Crippen LogP contribution < -0.4 is 20.1 Å². The minimum atomic E-state index is -4.59. The Bertz CT molecular complexity index is 1640. The fraction of sp³-hybridized carbons (Fsp3) is 0.533. The molecule has 1 saturated heterocycles. The topological polar surface area (TPSA) is 202 Å². The smallest absolute Gasteiger partial charge is 0.459 e. The first-order valence-electron chi connectivity index (χ1n) is 15.3. The lowest BCUT2D eigenvalue weighted by Crippen LogP contribution is -2.51. The number of carbonyl (C=O) groups is 1. The Morgan fingerprint density at radius 3 is 2.64 bits per heavy atom.